The van der Waals surface area contributed by atoms with Crippen molar-refractivity contribution in [2.24, 2.45) is 29.2 Å². The van der Waals surface area contributed by atoms with Crippen LogP contribution in [0.1, 0.15) is 23.1 Å². The number of phenolic OH excluding ortho intramolecular Hbond substituents is 1. The van der Waals surface area contributed by atoms with E-state index in [1.165, 1.54) is 0 Å². The Kier molecular flexibility index (Phi) is 6.75. The molecule has 3 unspecified atom stereocenters. The summed E-state index contributed by atoms with van der Waals surface area (Å²) in [7, 11) is 3.34. The summed E-state index contributed by atoms with van der Waals surface area (Å²) in [6, 6.07) is 5.98. The van der Waals surface area contributed by atoms with Gasteiger partial charge in [0.05, 0.1) is 27.6 Å². The maximum atomic E-state index is 13.9. The molecule has 204 valence electrons. The number of hydrogen-bond acceptors (Lipinski definition) is 8. The smallest absolute Gasteiger partial charge is 0.255 e. The van der Waals surface area contributed by atoms with Crippen molar-refractivity contribution in [3.63, 3.8) is 0 Å². The average molecular weight is 572 g/mol. The van der Waals surface area contributed by atoms with Gasteiger partial charge in [-0.25, -0.2) is 0 Å². The van der Waals surface area contributed by atoms with Crippen molar-refractivity contribution in [3.8, 4) is 16.9 Å². The van der Waals surface area contributed by atoms with Crippen LogP contribution in [0.15, 0.2) is 41.2 Å². The van der Waals surface area contributed by atoms with Crippen molar-refractivity contribution in [3.05, 3.63) is 67.9 Å². The predicted octanol–water partition coefficient (Wildman–Crippen LogP) is 3.28. The van der Waals surface area contributed by atoms with E-state index in [2.05, 4.69) is 0 Å². The predicted molar refractivity (Wildman–Crippen MR) is 146 cm³/mol. The first-order valence-electron chi connectivity index (χ1n) is 12.3. The number of fused-ring (bicyclic) bond motifs is 3. The lowest BCUT2D eigenvalue weighted by atomic mass is 9.59. The number of carbonyl (C=O) groups excluding carboxylic acids is 3. The lowest BCUT2D eigenvalue weighted by Gasteiger charge is -2.46. The van der Waals surface area contributed by atoms with Crippen molar-refractivity contribution in [1.82, 2.24) is 4.90 Å². The number of carbonyl (C=O) groups is 3. The highest BCUT2D eigenvalue weighted by Gasteiger charge is 2.55. The first-order chi connectivity index (χ1) is 18.4. The standard InChI is InChI=1S/C28H27Cl2N3O6/c1-33(2)22-15-6-11-5-14-13(10-3-4-16(29)17(30)8-10)7-12(9-31)23(34)19(14)24(35)18(11)25(36)20(15)26(37)21(27(22)38)28(32)39/h3-4,7-8,11,15,20,22,34-35,38H,5-6,9,31H2,1-2H3,(H2,32,39)/t11?,15?,20?,22-/m1/s1. The van der Waals surface area contributed by atoms with Gasteiger partial charge < -0.3 is 26.8 Å². The summed E-state index contributed by atoms with van der Waals surface area (Å²) in [5.74, 6) is -6.32. The first-order valence-corrected chi connectivity index (χ1v) is 13.1. The molecular weight excluding hydrogens is 545 g/mol. The van der Waals surface area contributed by atoms with Crippen LogP contribution in [0.3, 0.4) is 0 Å². The minimum Gasteiger partial charge on any atom is -0.510 e. The number of benzene rings is 2. The molecule has 39 heavy (non-hydrogen) atoms. The number of hydrogen-bond donors (Lipinski definition) is 5. The summed E-state index contributed by atoms with van der Waals surface area (Å²) >= 11 is 12.4. The molecule has 2 aromatic carbocycles. The van der Waals surface area contributed by atoms with Crippen LogP contribution in [0, 0.1) is 17.8 Å². The molecule has 11 heteroatoms. The molecule has 9 nitrogen and oxygen atoms in total. The minimum absolute atomic E-state index is 0.00405. The molecule has 0 aliphatic heterocycles. The molecule has 7 N–H and O–H groups in total. The zero-order chi connectivity index (χ0) is 28.5. The normalized spacial score (nSPS) is 24.6. The quantitative estimate of drug-likeness (QED) is 0.275. The Bertz CT molecular complexity index is 1530. The van der Waals surface area contributed by atoms with E-state index < -0.39 is 58.4 Å². The number of aromatic hydroxyl groups is 1. The van der Waals surface area contributed by atoms with Crippen LogP contribution in [0.4, 0.5) is 0 Å². The second kappa shape index (κ2) is 9.67. The van der Waals surface area contributed by atoms with Crippen LogP contribution in [0.5, 0.6) is 5.75 Å². The van der Waals surface area contributed by atoms with Gasteiger partial charge in [0, 0.05) is 17.7 Å². The number of nitrogens with two attached hydrogens (primary N) is 2. The third kappa shape index (κ3) is 4.03. The number of aliphatic hydroxyl groups excluding tert-OH is 2. The van der Waals surface area contributed by atoms with E-state index in [9.17, 15) is 29.7 Å². The maximum Gasteiger partial charge on any atom is 0.255 e. The number of amides is 1. The second-order valence-electron chi connectivity index (χ2n) is 10.4. The molecule has 4 atom stereocenters. The summed E-state index contributed by atoms with van der Waals surface area (Å²) in [5, 5.41) is 34.2. The fourth-order valence-corrected chi connectivity index (χ4v) is 6.76. The third-order valence-corrected chi connectivity index (χ3v) is 8.83. The van der Waals surface area contributed by atoms with E-state index in [0.29, 0.717) is 32.3 Å². The van der Waals surface area contributed by atoms with Crippen molar-refractivity contribution in [2.45, 2.75) is 25.4 Å². The highest BCUT2D eigenvalue weighted by atomic mass is 35.5. The molecule has 3 aliphatic carbocycles. The van der Waals surface area contributed by atoms with Crippen LogP contribution < -0.4 is 11.5 Å². The number of primary amides is 1. The fraction of sp³-hybridized carbons (Fsp3) is 0.321. The van der Waals surface area contributed by atoms with E-state index in [0.717, 1.165) is 0 Å². The Morgan fingerprint density at radius 1 is 1.08 bits per heavy atom. The van der Waals surface area contributed by atoms with Crippen LogP contribution >= 0.6 is 23.2 Å². The lowest BCUT2D eigenvalue weighted by molar-refractivity contribution is -0.136. The van der Waals surface area contributed by atoms with Crippen LogP contribution in [0.2, 0.25) is 10.0 Å². The number of phenols is 1. The Hall–Kier alpha value is -3.37. The Morgan fingerprint density at radius 2 is 1.77 bits per heavy atom. The molecule has 0 saturated heterocycles. The van der Waals surface area contributed by atoms with Crippen molar-refractivity contribution >= 4 is 46.4 Å². The monoisotopic (exact) mass is 571 g/mol. The highest BCUT2D eigenvalue weighted by Crippen LogP contribution is 2.52. The van der Waals surface area contributed by atoms with Crippen molar-refractivity contribution in [1.29, 1.82) is 0 Å². The zero-order valence-electron chi connectivity index (χ0n) is 21.2. The molecule has 1 fully saturated rings. The van der Waals surface area contributed by atoms with Gasteiger partial charge in [0.25, 0.3) is 5.91 Å². The van der Waals surface area contributed by atoms with Gasteiger partial charge in [0.15, 0.2) is 11.6 Å². The summed E-state index contributed by atoms with van der Waals surface area (Å²) in [4.78, 5) is 41.0. The van der Waals surface area contributed by atoms with Crippen LogP contribution in [0.25, 0.3) is 16.9 Å². The van der Waals surface area contributed by atoms with Gasteiger partial charge in [-0.15, -0.1) is 0 Å². The molecule has 0 spiro atoms. The van der Waals surface area contributed by atoms with Gasteiger partial charge in [-0.3, -0.25) is 19.3 Å². The van der Waals surface area contributed by atoms with E-state index in [-0.39, 0.29) is 36.3 Å². The van der Waals surface area contributed by atoms with Gasteiger partial charge in [0.1, 0.15) is 22.8 Å². The molecule has 2 aromatic rings. The van der Waals surface area contributed by atoms with Crippen molar-refractivity contribution in [2.75, 3.05) is 14.1 Å². The van der Waals surface area contributed by atoms with Crippen molar-refractivity contribution < 1.29 is 29.7 Å². The molecule has 5 rings (SSSR count). The number of ketones is 2. The van der Waals surface area contributed by atoms with E-state index in [1.807, 2.05) is 0 Å². The summed E-state index contributed by atoms with van der Waals surface area (Å²) in [5.41, 5.74) is 13.0. The van der Waals surface area contributed by atoms with Gasteiger partial charge in [-0.05, 0) is 73.7 Å². The minimum atomic E-state index is -1.32. The van der Waals surface area contributed by atoms with E-state index in [1.54, 1.807) is 43.3 Å². The largest absolute Gasteiger partial charge is 0.510 e. The number of likely N-dealkylation sites (N-methyl/N-ethyl adjacent to an activating group) is 1. The molecule has 1 saturated carbocycles. The average Bonchev–Trinajstić information content (AvgIpc) is 2.85. The summed E-state index contributed by atoms with van der Waals surface area (Å²) in [6.45, 7) is -0.0484. The van der Waals surface area contributed by atoms with Gasteiger partial charge in [-0.2, -0.15) is 0 Å². The molecule has 0 bridgehead atoms. The lowest BCUT2D eigenvalue weighted by Crippen LogP contribution is -2.55. The number of halogens is 2. The third-order valence-electron chi connectivity index (χ3n) is 8.09. The van der Waals surface area contributed by atoms with Gasteiger partial charge >= 0.3 is 0 Å². The topological polar surface area (TPSA) is 167 Å². The molecule has 0 heterocycles. The van der Waals surface area contributed by atoms with E-state index in [4.69, 9.17) is 34.7 Å². The SMILES string of the molecule is CN(C)[C@H]1C(O)=C(C(N)=O)C(=O)C2C(=O)C3=C(O)c4c(O)c(CN)cc(-c5ccc(Cl)c(Cl)c5)c4CC3CC21. The summed E-state index contributed by atoms with van der Waals surface area (Å²) in [6.07, 6.45) is 0.499. The Balaban J connectivity index is 1.73. The molecule has 0 aromatic heterocycles. The first kappa shape index (κ1) is 27.2. The maximum absolute atomic E-state index is 13.9. The summed E-state index contributed by atoms with van der Waals surface area (Å²) < 4.78 is 0. The number of aliphatic hydroxyl groups is 2. The number of Topliss-reactive ketones (excluding diaryl/α,β-unsaturated/α-hetero) is 2. The molecule has 3 aliphatic rings. The zero-order valence-corrected chi connectivity index (χ0v) is 22.7. The highest BCUT2D eigenvalue weighted by molar-refractivity contribution is 6.42. The molecule has 1 amide bonds. The Morgan fingerprint density at radius 3 is 2.36 bits per heavy atom. The Labute approximate surface area is 234 Å². The number of allylic oxidation sites excluding steroid dienone is 1. The van der Waals surface area contributed by atoms with Gasteiger partial charge in [-0.1, -0.05) is 29.3 Å². The number of rotatable bonds is 4. The fourth-order valence-electron chi connectivity index (χ4n) is 6.47. The number of nitrogens with zero attached hydrogens (tertiary/aromatic N) is 1. The van der Waals surface area contributed by atoms with E-state index >= 15 is 0 Å². The van der Waals surface area contributed by atoms with Gasteiger partial charge in [0.2, 0.25) is 0 Å². The molecule has 0 radical (unpaired) electrons. The second-order valence-corrected chi connectivity index (χ2v) is 11.2. The van der Waals surface area contributed by atoms with Crippen LogP contribution in [-0.2, 0) is 27.3 Å². The van der Waals surface area contributed by atoms with Crippen LogP contribution in [-0.4, -0.2) is 57.8 Å². The molecular formula is C28H27Cl2N3O6.